The molecule has 206 valence electrons. The van der Waals surface area contributed by atoms with Crippen molar-refractivity contribution in [2.75, 3.05) is 13.2 Å². The molecule has 2 heterocycles. The maximum Gasteiger partial charge on any atom is 0.261 e. The molecule has 4 rings (SSSR count). The number of epoxide rings is 1. The van der Waals surface area contributed by atoms with Gasteiger partial charge in [-0.1, -0.05) is 68.1 Å². The van der Waals surface area contributed by atoms with Crippen molar-refractivity contribution in [3.05, 3.63) is 71.3 Å². The molecule has 2 unspecified atom stereocenters. The number of benzene rings is 2. The third-order valence-electron chi connectivity index (χ3n) is 6.67. The van der Waals surface area contributed by atoms with Crippen molar-refractivity contribution in [3.63, 3.8) is 0 Å². The lowest BCUT2D eigenvalue weighted by Crippen LogP contribution is -2.52. The fourth-order valence-corrected chi connectivity index (χ4v) is 5.53. The molecule has 0 aromatic heterocycles. The first kappa shape index (κ1) is 28.5. The number of rotatable bonds is 12. The molecular formula is C29H33N3O6S. The predicted octanol–water partition coefficient (Wildman–Crippen LogP) is 3.24. The first-order valence-electron chi connectivity index (χ1n) is 13.1. The number of ether oxygens (including phenoxy) is 1. The topological polar surface area (TPSA) is 125 Å². The van der Waals surface area contributed by atoms with Crippen LogP contribution in [0.25, 0.3) is 0 Å². The largest absolute Gasteiger partial charge is 0.344 e. The average molecular weight is 552 g/mol. The molecule has 10 heteroatoms. The van der Waals surface area contributed by atoms with Gasteiger partial charge in [0, 0.05) is 19.0 Å². The third kappa shape index (κ3) is 6.75. The maximum atomic E-state index is 13.3. The van der Waals surface area contributed by atoms with Gasteiger partial charge in [-0.3, -0.25) is 28.9 Å². The first-order chi connectivity index (χ1) is 18.6. The molecule has 0 bridgehead atoms. The molecule has 2 aliphatic rings. The first-order valence-corrected chi connectivity index (χ1v) is 13.9. The molecule has 2 aliphatic heterocycles. The summed E-state index contributed by atoms with van der Waals surface area (Å²) in [6.07, 6.45) is 0.974. The van der Waals surface area contributed by atoms with Gasteiger partial charge in [-0.05, 0) is 37.3 Å². The lowest BCUT2D eigenvalue weighted by atomic mass is 10.0. The molecule has 0 saturated carbocycles. The molecule has 3 atom stereocenters. The zero-order valence-electron chi connectivity index (χ0n) is 22.3. The zero-order chi connectivity index (χ0) is 28.2. The number of thioether (sulfide) groups is 1. The molecule has 1 fully saturated rings. The molecule has 1 saturated heterocycles. The number of carbonyl (C=O) groups is 5. The van der Waals surface area contributed by atoms with E-state index in [-0.39, 0.29) is 41.7 Å². The van der Waals surface area contributed by atoms with Crippen LogP contribution >= 0.6 is 11.8 Å². The summed E-state index contributed by atoms with van der Waals surface area (Å²) in [6.45, 7) is 5.75. The van der Waals surface area contributed by atoms with Crippen molar-refractivity contribution in [2.45, 2.75) is 57.1 Å². The number of hydrogen-bond acceptors (Lipinski definition) is 7. The number of hydrogen-bond donors (Lipinski definition) is 2. The van der Waals surface area contributed by atoms with Gasteiger partial charge in [-0.15, -0.1) is 0 Å². The van der Waals surface area contributed by atoms with Gasteiger partial charge in [-0.25, -0.2) is 0 Å². The average Bonchev–Trinajstić information content (AvgIpc) is 3.65. The summed E-state index contributed by atoms with van der Waals surface area (Å²) in [5.74, 6) is -1.42. The lowest BCUT2D eigenvalue weighted by molar-refractivity contribution is -0.130. The molecule has 0 radical (unpaired) electrons. The van der Waals surface area contributed by atoms with Crippen molar-refractivity contribution in [1.29, 1.82) is 0 Å². The minimum atomic E-state index is -0.905. The van der Waals surface area contributed by atoms with Crippen LogP contribution in [0.4, 0.5) is 0 Å². The predicted molar refractivity (Wildman–Crippen MR) is 147 cm³/mol. The van der Waals surface area contributed by atoms with E-state index in [1.54, 1.807) is 24.3 Å². The highest BCUT2D eigenvalue weighted by Crippen LogP contribution is 2.35. The van der Waals surface area contributed by atoms with Crippen LogP contribution < -0.4 is 10.6 Å². The zero-order valence-corrected chi connectivity index (χ0v) is 23.1. The fraction of sp³-hybridized carbons (Fsp3) is 0.414. The summed E-state index contributed by atoms with van der Waals surface area (Å²) in [7, 11) is 0. The van der Waals surface area contributed by atoms with Gasteiger partial charge in [0.25, 0.3) is 11.8 Å². The summed E-state index contributed by atoms with van der Waals surface area (Å²) in [4.78, 5) is 65.0. The van der Waals surface area contributed by atoms with Gasteiger partial charge in [0.1, 0.15) is 12.6 Å². The molecule has 39 heavy (non-hydrogen) atoms. The Balaban J connectivity index is 1.39. The van der Waals surface area contributed by atoms with Gasteiger partial charge in [0.15, 0.2) is 10.8 Å². The van der Waals surface area contributed by atoms with Gasteiger partial charge in [0.2, 0.25) is 11.8 Å². The normalized spacial score (nSPS) is 19.4. The summed E-state index contributed by atoms with van der Waals surface area (Å²) in [5, 5.41) is 4.76. The number of imide groups is 1. The van der Waals surface area contributed by atoms with Crippen LogP contribution in [0.15, 0.2) is 54.6 Å². The van der Waals surface area contributed by atoms with Crippen LogP contribution in [0.5, 0.6) is 0 Å². The Hall–Kier alpha value is -3.50. The Bertz CT molecular complexity index is 1230. The van der Waals surface area contributed by atoms with E-state index in [1.165, 1.54) is 11.8 Å². The number of amides is 4. The van der Waals surface area contributed by atoms with Gasteiger partial charge < -0.3 is 15.4 Å². The standard InChI is InChI=1S/C29H33N3O6S/c1-18(2)16-23(25(34)31-29(17-38-29)20-10-5-4-6-11-20)30-26(35)24(39-19(3)33)14-9-15-32-27(36)21-12-7-8-13-22(21)28(32)37/h4-8,10-13,18,23-24H,9,14-17H2,1-3H3,(H,30,35)(H,31,34)/t23-,24?,29?/m0/s1. The van der Waals surface area contributed by atoms with E-state index < -0.39 is 22.9 Å². The van der Waals surface area contributed by atoms with Crippen LogP contribution in [-0.4, -0.2) is 58.1 Å². The minimum Gasteiger partial charge on any atom is -0.344 e. The van der Waals surface area contributed by atoms with E-state index in [9.17, 15) is 24.0 Å². The monoisotopic (exact) mass is 551 g/mol. The van der Waals surface area contributed by atoms with Gasteiger partial charge in [-0.2, -0.15) is 0 Å². The van der Waals surface area contributed by atoms with Crippen molar-refractivity contribution >= 4 is 40.5 Å². The van der Waals surface area contributed by atoms with Crippen molar-refractivity contribution in [1.82, 2.24) is 15.5 Å². The molecule has 9 nitrogen and oxygen atoms in total. The van der Waals surface area contributed by atoms with Crippen LogP contribution in [0.2, 0.25) is 0 Å². The highest BCUT2D eigenvalue weighted by atomic mass is 32.2. The third-order valence-corrected chi connectivity index (χ3v) is 7.73. The van der Waals surface area contributed by atoms with Crippen LogP contribution in [-0.2, 0) is 24.8 Å². The summed E-state index contributed by atoms with van der Waals surface area (Å²) in [6, 6.07) is 15.2. The molecular weight excluding hydrogens is 518 g/mol. The summed E-state index contributed by atoms with van der Waals surface area (Å²) >= 11 is 0.878. The lowest BCUT2D eigenvalue weighted by Gasteiger charge is -2.25. The highest BCUT2D eigenvalue weighted by Gasteiger charge is 2.49. The Morgan fingerprint density at radius 1 is 0.974 bits per heavy atom. The summed E-state index contributed by atoms with van der Waals surface area (Å²) < 4.78 is 5.60. The molecule has 2 aromatic carbocycles. The van der Waals surface area contributed by atoms with E-state index in [0.29, 0.717) is 30.6 Å². The second-order valence-corrected chi connectivity index (χ2v) is 11.6. The number of nitrogens with one attached hydrogen (secondary N) is 2. The molecule has 0 spiro atoms. The Kier molecular flexibility index (Phi) is 8.87. The van der Waals surface area contributed by atoms with Crippen LogP contribution in [0, 0.1) is 5.92 Å². The highest BCUT2D eigenvalue weighted by molar-refractivity contribution is 8.14. The molecule has 4 amide bonds. The van der Waals surface area contributed by atoms with Crippen molar-refractivity contribution < 1.29 is 28.7 Å². The molecule has 2 aromatic rings. The fourth-order valence-electron chi connectivity index (χ4n) is 4.67. The second-order valence-electron chi connectivity index (χ2n) is 10.2. The van der Waals surface area contributed by atoms with Gasteiger partial charge >= 0.3 is 0 Å². The SMILES string of the molecule is CC(=O)SC(CCCN1C(=O)c2ccccc2C1=O)C(=O)N[C@@H](CC(C)C)C(=O)NC1(c2ccccc2)CO1. The minimum absolute atomic E-state index is 0.113. The van der Waals surface area contributed by atoms with Crippen LogP contribution in [0.3, 0.4) is 0 Å². The number of fused-ring (bicyclic) bond motifs is 1. The Morgan fingerprint density at radius 3 is 2.10 bits per heavy atom. The van der Waals surface area contributed by atoms with Crippen LogP contribution in [0.1, 0.15) is 66.3 Å². The molecule has 0 aliphatic carbocycles. The second kappa shape index (κ2) is 12.1. The van der Waals surface area contributed by atoms with E-state index in [2.05, 4.69) is 10.6 Å². The quantitative estimate of drug-likeness (QED) is 0.306. The number of carbonyl (C=O) groups excluding carboxylic acids is 5. The smallest absolute Gasteiger partial charge is 0.261 e. The Labute approximate surface area is 232 Å². The van der Waals surface area contributed by atoms with E-state index in [1.807, 2.05) is 44.2 Å². The van der Waals surface area contributed by atoms with E-state index >= 15 is 0 Å². The van der Waals surface area contributed by atoms with E-state index in [0.717, 1.165) is 17.3 Å². The molecule has 2 N–H and O–H groups in total. The van der Waals surface area contributed by atoms with Crippen molar-refractivity contribution in [2.24, 2.45) is 5.92 Å². The Morgan fingerprint density at radius 2 is 1.56 bits per heavy atom. The maximum absolute atomic E-state index is 13.3. The van der Waals surface area contributed by atoms with E-state index in [4.69, 9.17) is 4.74 Å². The summed E-state index contributed by atoms with van der Waals surface area (Å²) in [5.41, 5.74) is 0.653. The van der Waals surface area contributed by atoms with Crippen molar-refractivity contribution in [3.8, 4) is 0 Å². The number of nitrogens with zero attached hydrogens (tertiary/aromatic N) is 1. The van der Waals surface area contributed by atoms with Gasteiger partial charge in [0.05, 0.1) is 16.4 Å².